The lowest BCUT2D eigenvalue weighted by atomic mass is 10.1. The van der Waals surface area contributed by atoms with Crippen LogP contribution in [0, 0.1) is 0 Å². The van der Waals surface area contributed by atoms with Gasteiger partial charge in [-0.1, -0.05) is 18.2 Å². The molecule has 0 aromatic heterocycles. The van der Waals surface area contributed by atoms with Crippen LogP contribution in [-0.2, 0) is 9.53 Å². The van der Waals surface area contributed by atoms with Crippen molar-refractivity contribution in [3.05, 3.63) is 65.2 Å². The predicted molar refractivity (Wildman–Crippen MR) is 103 cm³/mol. The van der Waals surface area contributed by atoms with Gasteiger partial charge in [0.25, 0.3) is 5.91 Å². The first-order valence-corrected chi connectivity index (χ1v) is 8.71. The monoisotopic (exact) mass is 378 g/mol. The highest BCUT2D eigenvalue weighted by molar-refractivity contribution is 6.12. The maximum Gasteiger partial charge on any atom is 0.335 e. The normalized spacial score (nSPS) is 18.8. The third-order valence-electron chi connectivity index (χ3n) is 4.50. The van der Waals surface area contributed by atoms with Crippen LogP contribution in [0.2, 0.25) is 0 Å². The molecule has 0 saturated carbocycles. The number of rotatable bonds is 4. The summed E-state index contributed by atoms with van der Waals surface area (Å²) in [6, 6.07) is 13.8. The van der Waals surface area contributed by atoms with E-state index in [0.29, 0.717) is 23.6 Å². The highest BCUT2D eigenvalue weighted by Crippen LogP contribution is 2.30. The Morgan fingerprint density at radius 2 is 1.93 bits per heavy atom. The number of carboxylic acids is 1. The van der Waals surface area contributed by atoms with Gasteiger partial charge in [-0.25, -0.2) is 9.80 Å². The molecule has 1 unspecified atom stereocenters. The number of benzene rings is 2. The quantitative estimate of drug-likeness (QED) is 0.883. The molecule has 28 heavy (non-hydrogen) atoms. The first kappa shape index (κ1) is 17.7. The smallest absolute Gasteiger partial charge is 0.335 e. The van der Waals surface area contributed by atoms with Crippen LogP contribution in [-0.4, -0.2) is 40.6 Å². The standard InChI is InChI=1S/C20H18N4O4/c1-12-10-17(25)24(21-12)16-8-6-13(7-9-16)19-23(2)22-18(28-19)14-4-3-5-15(11-14)20(26)27/h3-9,11,19H,10H2,1-2H3,(H,26,27). The molecule has 2 heterocycles. The van der Waals surface area contributed by atoms with Crippen LogP contribution in [0.5, 0.6) is 0 Å². The number of carbonyl (C=O) groups is 2. The van der Waals surface area contributed by atoms with Crippen LogP contribution in [0.4, 0.5) is 5.69 Å². The highest BCUT2D eigenvalue weighted by atomic mass is 16.5. The second-order valence-corrected chi connectivity index (χ2v) is 6.64. The van der Waals surface area contributed by atoms with E-state index >= 15 is 0 Å². The molecule has 8 heteroatoms. The molecule has 0 bridgehead atoms. The Bertz CT molecular complexity index is 1010. The maximum absolute atomic E-state index is 12.0. The Balaban J connectivity index is 1.53. The number of ether oxygens (including phenoxy) is 1. The molecule has 0 radical (unpaired) electrons. The summed E-state index contributed by atoms with van der Waals surface area (Å²) in [6.45, 7) is 1.83. The minimum atomic E-state index is -1.00. The largest absolute Gasteiger partial charge is 0.478 e. The van der Waals surface area contributed by atoms with E-state index in [1.54, 1.807) is 24.2 Å². The molecule has 1 N–H and O–H groups in total. The summed E-state index contributed by atoms with van der Waals surface area (Å²) >= 11 is 0. The van der Waals surface area contributed by atoms with Crippen LogP contribution in [0.3, 0.4) is 0 Å². The van der Waals surface area contributed by atoms with E-state index in [0.717, 1.165) is 11.3 Å². The number of nitrogens with zero attached hydrogens (tertiary/aromatic N) is 4. The molecule has 0 spiro atoms. The van der Waals surface area contributed by atoms with Crippen molar-refractivity contribution >= 4 is 29.2 Å². The van der Waals surface area contributed by atoms with Gasteiger partial charge in [0.1, 0.15) is 0 Å². The molecule has 1 amide bonds. The minimum Gasteiger partial charge on any atom is -0.478 e. The molecule has 2 aliphatic rings. The zero-order chi connectivity index (χ0) is 19.8. The zero-order valence-electron chi connectivity index (χ0n) is 15.4. The van der Waals surface area contributed by atoms with Crippen LogP contribution in [0.15, 0.2) is 58.7 Å². The average Bonchev–Trinajstić information content (AvgIpc) is 3.23. The first-order chi connectivity index (χ1) is 13.4. The number of carbonyl (C=O) groups excluding carboxylic acids is 1. The van der Waals surface area contributed by atoms with E-state index in [-0.39, 0.29) is 11.5 Å². The SMILES string of the molecule is CC1=NN(c2ccc(C3OC(c4cccc(C(=O)O)c4)=NN3C)cc2)C(=O)C1. The van der Waals surface area contributed by atoms with Gasteiger partial charge in [-0.3, -0.25) is 9.80 Å². The second kappa shape index (κ2) is 6.80. The molecule has 4 rings (SSSR count). The van der Waals surface area contributed by atoms with E-state index in [1.165, 1.54) is 17.1 Å². The average molecular weight is 378 g/mol. The van der Waals surface area contributed by atoms with Gasteiger partial charge >= 0.3 is 5.97 Å². The van der Waals surface area contributed by atoms with Crippen molar-refractivity contribution in [1.82, 2.24) is 5.01 Å². The van der Waals surface area contributed by atoms with Crippen molar-refractivity contribution < 1.29 is 19.4 Å². The maximum atomic E-state index is 12.0. The number of hydrogen-bond acceptors (Lipinski definition) is 6. The van der Waals surface area contributed by atoms with E-state index in [9.17, 15) is 9.59 Å². The van der Waals surface area contributed by atoms with Crippen LogP contribution in [0.1, 0.15) is 41.1 Å². The lowest BCUT2D eigenvalue weighted by molar-refractivity contribution is -0.116. The van der Waals surface area contributed by atoms with Crippen LogP contribution in [0.25, 0.3) is 0 Å². The van der Waals surface area contributed by atoms with Gasteiger partial charge in [0.05, 0.1) is 17.7 Å². The molecule has 2 aromatic carbocycles. The first-order valence-electron chi connectivity index (χ1n) is 8.71. The third kappa shape index (κ3) is 3.20. The van der Waals surface area contributed by atoms with Crippen molar-refractivity contribution in [2.45, 2.75) is 19.6 Å². The van der Waals surface area contributed by atoms with Gasteiger partial charge in [-0.05, 0) is 37.3 Å². The summed E-state index contributed by atoms with van der Waals surface area (Å²) in [5.74, 6) is -0.701. The Morgan fingerprint density at radius 3 is 2.57 bits per heavy atom. The van der Waals surface area contributed by atoms with E-state index in [2.05, 4.69) is 10.2 Å². The summed E-state index contributed by atoms with van der Waals surface area (Å²) < 4.78 is 5.96. The molecule has 8 nitrogen and oxygen atoms in total. The van der Waals surface area contributed by atoms with Gasteiger partial charge in [-0.15, -0.1) is 5.10 Å². The predicted octanol–water partition coefficient (Wildman–Crippen LogP) is 2.82. The molecular weight excluding hydrogens is 360 g/mol. The van der Waals surface area contributed by atoms with Crippen molar-refractivity contribution in [3.8, 4) is 0 Å². The van der Waals surface area contributed by atoms with Gasteiger partial charge < -0.3 is 9.84 Å². The molecule has 0 fully saturated rings. The lowest BCUT2D eigenvalue weighted by Gasteiger charge is -2.19. The van der Waals surface area contributed by atoms with Crippen molar-refractivity contribution in [1.29, 1.82) is 0 Å². The fourth-order valence-corrected chi connectivity index (χ4v) is 3.13. The Labute approximate surface area is 161 Å². The summed E-state index contributed by atoms with van der Waals surface area (Å²) in [5, 5.41) is 20.9. The Hall–Kier alpha value is -3.68. The van der Waals surface area contributed by atoms with Crippen LogP contribution < -0.4 is 5.01 Å². The highest BCUT2D eigenvalue weighted by Gasteiger charge is 2.29. The molecule has 0 saturated heterocycles. The number of amides is 1. The van der Waals surface area contributed by atoms with Crippen molar-refractivity contribution in [3.63, 3.8) is 0 Å². The molecule has 2 aromatic rings. The van der Waals surface area contributed by atoms with Gasteiger partial charge in [0.15, 0.2) is 0 Å². The second-order valence-electron chi connectivity index (χ2n) is 6.64. The zero-order valence-corrected chi connectivity index (χ0v) is 15.4. The molecule has 1 atom stereocenters. The van der Waals surface area contributed by atoms with E-state index in [4.69, 9.17) is 9.84 Å². The number of carboxylic acid groups (broad SMARTS) is 1. The molecule has 0 aliphatic carbocycles. The van der Waals surface area contributed by atoms with Gasteiger partial charge in [0, 0.05) is 23.9 Å². The molecular formula is C20H18N4O4. The Morgan fingerprint density at radius 1 is 1.18 bits per heavy atom. The lowest BCUT2D eigenvalue weighted by Crippen LogP contribution is -2.20. The van der Waals surface area contributed by atoms with E-state index < -0.39 is 12.2 Å². The number of aromatic carboxylic acids is 1. The number of anilines is 1. The summed E-state index contributed by atoms with van der Waals surface area (Å²) in [6.07, 6.45) is -0.111. The molecule has 2 aliphatic heterocycles. The topological polar surface area (TPSA) is 94.8 Å². The fourth-order valence-electron chi connectivity index (χ4n) is 3.13. The van der Waals surface area contributed by atoms with Crippen molar-refractivity contribution in [2.24, 2.45) is 10.2 Å². The number of hydrazone groups is 2. The molecule has 142 valence electrons. The Kier molecular flexibility index (Phi) is 4.31. The van der Waals surface area contributed by atoms with Gasteiger partial charge in [0.2, 0.25) is 12.1 Å². The third-order valence-corrected chi connectivity index (χ3v) is 4.50. The summed E-state index contributed by atoms with van der Waals surface area (Å²) in [5.41, 5.74) is 3.10. The van der Waals surface area contributed by atoms with Crippen LogP contribution >= 0.6 is 0 Å². The fraction of sp³-hybridized carbons (Fsp3) is 0.200. The summed E-state index contributed by atoms with van der Waals surface area (Å²) in [4.78, 5) is 23.1. The summed E-state index contributed by atoms with van der Waals surface area (Å²) in [7, 11) is 1.78. The van der Waals surface area contributed by atoms with Gasteiger partial charge in [-0.2, -0.15) is 5.10 Å². The number of hydrogen-bond donors (Lipinski definition) is 1. The van der Waals surface area contributed by atoms with Crippen molar-refractivity contribution in [2.75, 3.05) is 12.1 Å². The minimum absolute atomic E-state index is 0.0524. The van der Waals surface area contributed by atoms with E-state index in [1.807, 2.05) is 31.2 Å².